The maximum absolute atomic E-state index is 2.33. The molecule has 0 atom stereocenters. The first kappa shape index (κ1) is 12.7. The lowest BCUT2D eigenvalue weighted by molar-refractivity contribution is 0.774. The average molecular weight is 261 g/mol. The van der Waals surface area contributed by atoms with Crippen LogP contribution in [0.4, 0.5) is 0 Å². The van der Waals surface area contributed by atoms with Crippen molar-refractivity contribution in [1.82, 2.24) is 4.57 Å². The van der Waals surface area contributed by atoms with Crippen molar-refractivity contribution in [2.45, 2.75) is 19.9 Å². The van der Waals surface area contributed by atoms with Crippen molar-refractivity contribution in [2.75, 3.05) is 0 Å². The molecule has 100 valence electrons. The van der Waals surface area contributed by atoms with Crippen LogP contribution in [0.25, 0.3) is 0 Å². The normalized spacial score (nSPS) is 10.7. The van der Waals surface area contributed by atoms with Gasteiger partial charge in [-0.25, -0.2) is 0 Å². The summed E-state index contributed by atoms with van der Waals surface area (Å²) in [6, 6.07) is 23.5. The molecular weight excluding hydrogens is 242 g/mol. The van der Waals surface area contributed by atoms with Gasteiger partial charge in [-0.1, -0.05) is 60.7 Å². The van der Waals surface area contributed by atoms with E-state index in [0.29, 0.717) is 0 Å². The quantitative estimate of drug-likeness (QED) is 0.654. The number of hydrogen-bond donors (Lipinski definition) is 0. The zero-order chi connectivity index (χ0) is 13.8. The number of aromatic nitrogens is 1. The molecule has 0 saturated carbocycles. The Bertz CT molecular complexity index is 666. The lowest BCUT2D eigenvalue weighted by Crippen LogP contribution is -1.99. The summed E-state index contributed by atoms with van der Waals surface area (Å²) in [5, 5.41) is 0. The number of aryl methyl sites for hydroxylation is 1. The van der Waals surface area contributed by atoms with Gasteiger partial charge in [0.15, 0.2) is 0 Å². The standard InChI is InChI=1S/C19H19N/c1-16-12-19(13-17-8-4-2-5-9-17)15-20(16)14-18-10-6-3-7-11-18/h2-12,15H,13-14H2,1H3. The SMILES string of the molecule is Cc1cc(Cc2ccccc2)cn1Cc1ccccc1. The van der Waals surface area contributed by atoms with E-state index in [1.807, 2.05) is 0 Å². The van der Waals surface area contributed by atoms with Crippen LogP contribution in [0.3, 0.4) is 0 Å². The van der Waals surface area contributed by atoms with E-state index in [9.17, 15) is 0 Å². The van der Waals surface area contributed by atoms with E-state index in [1.165, 1.54) is 22.4 Å². The van der Waals surface area contributed by atoms with E-state index in [2.05, 4.69) is 84.4 Å². The number of hydrogen-bond acceptors (Lipinski definition) is 0. The van der Waals surface area contributed by atoms with Gasteiger partial charge >= 0.3 is 0 Å². The Morgan fingerprint density at radius 3 is 2.00 bits per heavy atom. The van der Waals surface area contributed by atoms with Crippen molar-refractivity contribution in [3.63, 3.8) is 0 Å². The molecule has 0 saturated heterocycles. The summed E-state index contributed by atoms with van der Waals surface area (Å²) in [5.41, 5.74) is 5.41. The molecule has 0 unspecified atom stereocenters. The highest BCUT2D eigenvalue weighted by molar-refractivity contribution is 5.28. The minimum Gasteiger partial charge on any atom is -0.347 e. The Morgan fingerprint density at radius 2 is 1.35 bits per heavy atom. The molecule has 0 fully saturated rings. The maximum atomic E-state index is 2.33. The first-order valence-corrected chi connectivity index (χ1v) is 7.05. The Hall–Kier alpha value is -2.28. The monoisotopic (exact) mass is 261 g/mol. The lowest BCUT2D eigenvalue weighted by Gasteiger charge is -2.05. The lowest BCUT2D eigenvalue weighted by atomic mass is 10.1. The fraction of sp³-hybridized carbons (Fsp3) is 0.158. The predicted octanol–water partition coefficient (Wildman–Crippen LogP) is 4.44. The Balaban J connectivity index is 1.77. The van der Waals surface area contributed by atoms with Crippen molar-refractivity contribution in [3.05, 3.63) is 95.3 Å². The third kappa shape index (κ3) is 3.00. The van der Waals surface area contributed by atoms with Crippen LogP contribution in [0.1, 0.15) is 22.4 Å². The van der Waals surface area contributed by atoms with Crippen LogP contribution >= 0.6 is 0 Å². The smallest absolute Gasteiger partial charge is 0.0472 e. The third-order valence-electron chi connectivity index (χ3n) is 3.62. The molecule has 0 amide bonds. The molecule has 1 nitrogen and oxygen atoms in total. The first-order chi connectivity index (χ1) is 9.81. The van der Waals surface area contributed by atoms with Crippen molar-refractivity contribution < 1.29 is 0 Å². The van der Waals surface area contributed by atoms with Crippen LogP contribution in [-0.4, -0.2) is 4.57 Å². The van der Waals surface area contributed by atoms with Crippen molar-refractivity contribution in [2.24, 2.45) is 0 Å². The van der Waals surface area contributed by atoms with Gasteiger partial charge in [-0.15, -0.1) is 0 Å². The molecule has 0 bridgehead atoms. The second kappa shape index (κ2) is 5.79. The van der Waals surface area contributed by atoms with Gasteiger partial charge in [0.1, 0.15) is 0 Å². The molecule has 1 aromatic heterocycles. The van der Waals surface area contributed by atoms with Gasteiger partial charge in [0.05, 0.1) is 0 Å². The molecule has 0 N–H and O–H groups in total. The summed E-state index contributed by atoms with van der Waals surface area (Å²) in [7, 11) is 0. The fourth-order valence-electron chi connectivity index (χ4n) is 2.57. The summed E-state index contributed by atoms with van der Waals surface area (Å²) < 4.78 is 2.33. The Labute approximate surface area is 120 Å². The van der Waals surface area contributed by atoms with Gasteiger partial charge in [0.25, 0.3) is 0 Å². The molecule has 1 heteroatoms. The van der Waals surface area contributed by atoms with Gasteiger partial charge in [-0.3, -0.25) is 0 Å². The molecule has 1 heterocycles. The average Bonchev–Trinajstić information content (AvgIpc) is 2.81. The van der Waals surface area contributed by atoms with Gasteiger partial charge < -0.3 is 4.57 Å². The van der Waals surface area contributed by atoms with Gasteiger partial charge in [-0.2, -0.15) is 0 Å². The van der Waals surface area contributed by atoms with Gasteiger partial charge in [0.2, 0.25) is 0 Å². The zero-order valence-electron chi connectivity index (χ0n) is 11.8. The molecule has 0 aliphatic rings. The van der Waals surface area contributed by atoms with E-state index < -0.39 is 0 Å². The summed E-state index contributed by atoms with van der Waals surface area (Å²) in [6.07, 6.45) is 3.28. The van der Waals surface area contributed by atoms with Crippen LogP contribution < -0.4 is 0 Å². The zero-order valence-corrected chi connectivity index (χ0v) is 11.8. The summed E-state index contributed by atoms with van der Waals surface area (Å²) in [5.74, 6) is 0. The van der Waals surface area contributed by atoms with Crippen LogP contribution in [0.5, 0.6) is 0 Å². The van der Waals surface area contributed by atoms with Crippen molar-refractivity contribution >= 4 is 0 Å². The Morgan fingerprint density at radius 1 is 0.750 bits per heavy atom. The molecule has 0 spiro atoms. The summed E-state index contributed by atoms with van der Waals surface area (Å²) >= 11 is 0. The Kier molecular flexibility index (Phi) is 3.69. The second-order valence-electron chi connectivity index (χ2n) is 5.27. The number of rotatable bonds is 4. The van der Waals surface area contributed by atoms with Crippen molar-refractivity contribution in [1.29, 1.82) is 0 Å². The number of nitrogens with zero attached hydrogens (tertiary/aromatic N) is 1. The molecule has 20 heavy (non-hydrogen) atoms. The van der Waals surface area contributed by atoms with Crippen LogP contribution in [0.15, 0.2) is 72.9 Å². The van der Waals surface area contributed by atoms with Gasteiger partial charge in [0, 0.05) is 18.4 Å². The second-order valence-corrected chi connectivity index (χ2v) is 5.27. The van der Waals surface area contributed by atoms with Crippen LogP contribution in [0, 0.1) is 6.92 Å². The topological polar surface area (TPSA) is 4.93 Å². The largest absolute Gasteiger partial charge is 0.347 e. The minimum absolute atomic E-state index is 0.946. The highest BCUT2D eigenvalue weighted by Gasteiger charge is 2.04. The molecule has 0 aliphatic heterocycles. The number of benzene rings is 2. The van der Waals surface area contributed by atoms with Crippen LogP contribution in [0.2, 0.25) is 0 Å². The predicted molar refractivity (Wildman–Crippen MR) is 84.0 cm³/mol. The van der Waals surface area contributed by atoms with E-state index >= 15 is 0 Å². The highest BCUT2D eigenvalue weighted by atomic mass is 15.0. The molecule has 2 aromatic carbocycles. The molecular formula is C19H19N. The van der Waals surface area contributed by atoms with Crippen LogP contribution in [-0.2, 0) is 13.0 Å². The van der Waals surface area contributed by atoms with E-state index in [4.69, 9.17) is 0 Å². The third-order valence-corrected chi connectivity index (χ3v) is 3.62. The maximum Gasteiger partial charge on any atom is 0.0472 e. The molecule has 3 aromatic rings. The van der Waals surface area contributed by atoms with Gasteiger partial charge in [-0.05, 0) is 36.1 Å². The minimum atomic E-state index is 0.946. The highest BCUT2D eigenvalue weighted by Crippen LogP contribution is 2.15. The molecule has 3 rings (SSSR count). The van der Waals surface area contributed by atoms with E-state index in [0.717, 1.165) is 13.0 Å². The fourth-order valence-corrected chi connectivity index (χ4v) is 2.57. The first-order valence-electron chi connectivity index (χ1n) is 7.05. The van der Waals surface area contributed by atoms with Crippen molar-refractivity contribution in [3.8, 4) is 0 Å². The van der Waals surface area contributed by atoms with E-state index in [-0.39, 0.29) is 0 Å². The summed E-state index contributed by atoms with van der Waals surface area (Å²) in [4.78, 5) is 0. The molecule has 0 radical (unpaired) electrons. The van der Waals surface area contributed by atoms with E-state index in [1.54, 1.807) is 0 Å². The summed E-state index contributed by atoms with van der Waals surface area (Å²) in [6.45, 7) is 3.12. The molecule has 0 aliphatic carbocycles.